The van der Waals surface area contributed by atoms with E-state index < -0.39 is 12.0 Å². The first-order valence-corrected chi connectivity index (χ1v) is 4.42. The molecule has 2 N–H and O–H groups in total. The van der Waals surface area contributed by atoms with Gasteiger partial charge in [0.2, 0.25) is 0 Å². The monoisotopic (exact) mass is 195 g/mol. The molecule has 0 saturated carbocycles. The molecule has 0 spiro atoms. The molecule has 3 nitrogen and oxygen atoms in total. The summed E-state index contributed by atoms with van der Waals surface area (Å²) in [6.45, 7) is 0. The molecule has 0 aromatic heterocycles. The molecule has 0 aliphatic carbocycles. The molecule has 1 aromatic carbocycles. The average Bonchev–Trinajstić information content (AvgIpc) is 2.17. The number of benzene rings is 1. The quantitative estimate of drug-likeness (QED) is 0.726. The molecule has 1 aromatic rings. The largest absolute Gasteiger partial charge is 0.480 e. The molecule has 1 atom stereocenters. The van der Waals surface area contributed by atoms with E-state index in [0.717, 1.165) is 0 Å². The third-order valence-corrected chi connectivity index (χ3v) is 2.32. The minimum Gasteiger partial charge on any atom is -0.480 e. The van der Waals surface area contributed by atoms with E-state index in [4.69, 9.17) is 10.5 Å². The molecule has 0 saturated heterocycles. The molecular formula is C10H10FNO2. The molecule has 1 heterocycles. The number of carbonyl (C=O) groups is 1. The molecule has 4 heteroatoms. The third kappa shape index (κ3) is 1.43. The average molecular weight is 195 g/mol. The molecule has 2 rings (SSSR count). The van der Waals surface area contributed by atoms with Crippen molar-refractivity contribution in [1.82, 2.24) is 0 Å². The van der Waals surface area contributed by atoms with Gasteiger partial charge in [-0.15, -0.1) is 0 Å². The van der Waals surface area contributed by atoms with Gasteiger partial charge in [0.1, 0.15) is 11.6 Å². The number of hydrogen-bond acceptors (Lipinski definition) is 2. The van der Waals surface area contributed by atoms with E-state index >= 15 is 0 Å². The Kier molecular flexibility index (Phi) is 2.11. The summed E-state index contributed by atoms with van der Waals surface area (Å²) in [7, 11) is 0. The summed E-state index contributed by atoms with van der Waals surface area (Å²) in [5.41, 5.74) is 5.64. The summed E-state index contributed by atoms with van der Waals surface area (Å²) in [6.07, 6.45) is 0.322. The van der Waals surface area contributed by atoms with Crippen LogP contribution in [0, 0.1) is 5.82 Å². The second kappa shape index (κ2) is 3.29. The number of primary amides is 1. The number of fused-ring (bicyclic) bond motifs is 1. The Morgan fingerprint density at radius 1 is 1.57 bits per heavy atom. The van der Waals surface area contributed by atoms with E-state index in [1.54, 1.807) is 12.1 Å². The molecule has 1 aliphatic heterocycles. The molecule has 74 valence electrons. The minimum atomic E-state index is -0.621. The number of amides is 1. The molecule has 0 bridgehead atoms. The van der Waals surface area contributed by atoms with Crippen molar-refractivity contribution < 1.29 is 13.9 Å². The number of ether oxygens (including phenoxy) is 1. The van der Waals surface area contributed by atoms with Gasteiger partial charge in [-0.1, -0.05) is 6.07 Å². The highest BCUT2D eigenvalue weighted by molar-refractivity contribution is 5.79. The predicted octanol–water partition coefficient (Wildman–Crippen LogP) is 1.00. The molecule has 0 radical (unpaired) electrons. The number of hydrogen-bond donors (Lipinski definition) is 1. The van der Waals surface area contributed by atoms with Gasteiger partial charge in [-0.05, 0) is 25.0 Å². The molecule has 1 unspecified atom stereocenters. The van der Waals surface area contributed by atoms with Crippen LogP contribution in [0.5, 0.6) is 5.75 Å². The molecular weight excluding hydrogens is 185 g/mol. The van der Waals surface area contributed by atoms with Crippen molar-refractivity contribution in [2.75, 3.05) is 0 Å². The van der Waals surface area contributed by atoms with Gasteiger partial charge in [-0.25, -0.2) is 4.39 Å². The highest BCUT2D eigenvalue weighted by Crippen LogP contribution is 2.29. The van der Waals surface area contributed by atoms with E-state index in [1.165, 1.54) is 6.07 Å². The van der Waals surface area contributed by atoms with Crippen LogP contribution in [-0.4, -0.2) is 12.0 Å². The summed E-state index contributed by atoms with van der Waals surface area (Å²) < 4.78 is 18.5. The van der Waals surface area contributed by atoms with Crippen LogP contribution >= 0.6 is 0 Å². The second-order valence-corrected chi connectivity index (χ2v) is 3.26. The maximum Gasteiger partial charge on any atom is 0.258 e. The first-order chi connectivity index (χ1) is 6.68. The summed E-state index contributed by atoms with van der Waals surface area (Å²) in [5, 5.41) is 0. The van der Waals surface area contributed by atoms with Crippen LogP contribution in [0.4, 0.5) is 4.39 Å². The van der Waals surface area contributed by atoms with Crippen molar-refractivity contribution in [1.29, 1.82) is 0 Å². The number of carbonyl (C=O) groups excluding carboxylic acids is 1. The molecule has 1 amide bonds. The van der Waals surface area contributed by atoms with E-state index in [2.05, 4.69) is 0 Å². The van der Waals surface area contributed by atoms with Crippen LogP contribution in [0.3, 0.4) is 0 Å². The first-order valence-electron chi connectivity index (χ1n) is 4.42. The predicted molar refractivity (Wildman–Crippen MR) is 48.3 cm³/mol. The molecule has 14 heavy (non-hydrogen) atoms. The van der Waals surface area contributed by atoms with Crippen LogP contribution in [0.25, 0.3) is 0 Å². The van der Waals surface area contributed by atoms with Gasteiger partial charge in [0, 0.05) is 5.56 Å². The molecule has 0 fully saturated rings. The van der Waals surface area contributed by atoms with Gasteiger partial charge in [-0.2, -0.15) is 0 Å². The zero-order valence-corrected chi connectivity index (χ0v) is 7.50. The fourth-order valence-electron chi connectivity index (χ4n) is 1.58. The summed E-state index contributed by atoms with van der Waals surface area (Å²) >= 11 is 0. The van der Waals surface area contributed by atoms with Gasteiger partial charge in [0.15, 0.2) is 6.10 Å². The Morgan fingerprint density at radius 3 is 3.07 bits per heavy atom. The lowest BCUT2D eigenvalue weighted by Gasteiger charge is -2.23. The Hall–Kier alpha value is -1.58. The highest BCUT2D eigenvalue weighted by atomic mass is 19.1. The van der Waals surface area contributed by atoms with Crippen molar-refractivity contribution in [2.45, 2.75) is 18.9 Å². The maximum absolute atomic E-state index is 13.2. The SMILES string of the molecule is NC(=O)C1CCc2c(F)cccc2O1. The standard InChI is InChI=1S/C10H10FNO2/c11-7-2-1-3-8-6(7)4-5-9(14-8)10(12)13/h1-3,9H,4-5H2,(H2,12,13). The summed E-state index contributed by atoms with van der Waals surface area (Å²) in [6, 6.07) is 4.58. The van der Waals surface area contributed by atoms with E-state index in [-0.39, 0.29) is 5.82 Å². The normalized spacial score (nSPS) is 19.6. The van der Waals surface area contributed by atoms with Gasteiger partial charge >= 0.3 is 0 Å². The van der Waals surface area contributed by atoms with Crippen LogP contribution in [0.1, 0.15) is 12.0 Å². The first kappa shape index (κ1) is 8.99. The number of halogens is 1. The van der Waals surface area contributed by atoms with E-state index in [0.29, 0.717) is 24.2 Å². The zero-order valence-electron chi connectivity index (χ0n) is 7.50. The Labute approximate surface area is 80.7 Å². The van der Waals surface area contributed by atoms with Crippen molar-refractivity contribution in [2.24, 2.45) is 5.73 Å². The highest BCUT2D eigenvalue weighted by Gasteiger charge is 2.25. The van der Waals surface area contributed by atoms with E-state index in [1.807, 2.05) is 0 Å². The van der Waals surface area contributed by atoms with Crippen LogP contribution in [0.2, 0.25) is 0 Å². The Morgan fingerprint density at radius 2 is 2.36 bits per heavy atom. The van der Waals surface area contributed by atoms with Crippen LogP contribution in [-0.2, 0) is 11.2 Å². The summed E-state index contributed by atoms with van der Waals surface area (Å²) in [5.74, 6) is -0.356. The topological polar surface area (TPSA) is 52.3 Å². The summed E-state index contributed by atoms with van der Waals surface area (Å²) in [4.78, 5) is 10.9. The van der Waals surface area contributed by atoms with Crippen LogP contribution < -0.4 is 10.5 Å². The van der Waals surface area contributed by atoms with Crippen LogP contribution in [0.15, 0.2) is 18.2 Å². The van der Waals surface area contributed by atoms with Crippen molar-refractivity contribution >= 4 is 5.91 Å². The maximum atomic E-state index is 13.2. The number of nitrogens with two attached hydrogens (primary N) is 1. The van der Waals surface area contributed by atoms with Crippen molar-refractivity contribution in [3.63, 3.8) is 0 Å². The van der Waals surface area contributed by atoms with Crippen molar-refractivity contribution in [3.8, 4) is 5.75 Å². The minimum absolute atomic E-state index is 0.287. The second-order valence-electron chi connectivity index (χ2n) is 3.26. The van der Waals surface area contributed by atoms with Crippen molar-refractivity contribution in [3.05, 3.63) is 29.6 Å². The third-order valence-electron chi connectivity index (χ3n) is 2.32. The fourth-order valence-corrected chi connectivity index (χ4v) is 1.58. The van der Waals surface area contributed by atoms with E-state index in [9.17, 15) is 9.18 Å². The van der Waals surface area contributed by atoms with Gasteiger partial charge in [0.05, 0.1) is 0 Å². The molecule has 1 aliphatic rings. The van der Waals surface area contributed by atoms with Gasteiger partial charge in [0.25, 0.3) is 5.91 Å². The van der Waals surface area contributed by atoms with Gasteiger partial charge < -0.3 is 10.5 Å². The Balaban J connectivity index is 2.31. The number of rotatable bonds is 1. The zero-order chi connectivity index (χ0) is 10.1. The smallest absolute Gasteiger partial charge is 0.258 e. The lowest BCUT2D eigenvalue weighted by molar-refractivity contribution is -0.125. The fraction of sp³-hybridized carbons (Fsp3) is 0.300. The van der Waals surface area contributed by atoms with Gasteiger partial charge in [-0.3, -0.25) is 4.79 Å². The Bertz CT molecular complexity index is 378. The lowest BCUT2D eigenvalue weighted by Crippen LogP contribution is -2.36. The lowest BCUT2D eigenvalue weighted by atomic mass is 10.0.